The van der Waals surface area contributed by atoms with Gasteiger partial charge < -0.3 is 20.1 Å². The maximum atomic E-state index is 14.3. The van der Waals surface area contributed by atoms with Crippen molar-refractivity contribution in [2.45, 2.75) is 26.1 Å². The zero-order valence-electron chi connectivity index (χ0n) is 18.8. The molecule has 2 aromatic carbocycles. The number of ether oxygens (including phenoxy) is 2. The van der Waals surface area contributed by atoms with Crippen molar-refractivity contribution >= 4 is 40.0 Å². The van der Waals surface area contributed by atoms with Crippen LogP contribution in [0.1, 0.15) is 19.0 Å². The summed E-state index contributed by atoms with van der Waals surface area (Å²) in [5.74, 6) is -1.81. The molecule has 2 heterocycles. The smallest absolute Gasteiger partial charge is 0.466 e. The van der Waals surface area contributed by atoms with Crippen LogP contribution in [0.15, 0.2) is 48.7 Å². The van der Waals surface area contributed by atoms with Crippen molar-refractivity contribution < 1.29 is 31.8 Å². The third kappa shape index (κ3) is 6.37. The minimum atomic E-state index is -4.86. The quantitative estimate of drug-likeness (QED) is 0.206. The number of anilines is 4. The average molecular weight is 504 g/mol. The maximum Gasteiger partial charge on any atom is 0.573 e. The van der Waals surface area contributed by atoms with E-state index in [-0.39, 0.29) is 29.8 Å². The molecule has 0 aliphatic heterocycles. The number of rotatable bonds is 9. The van der Waals surface area contributed by atoms with Crippen molar-refractivity contribution in [1.29, 1.82) is 0 Å². The second kappa shape index (κ2) is 10.5. The molecule has 0 aliphatic rings. The summed E-state index contributed by atoms with van der Waals surface area (Å²) in [6.07, 6.45) is -3.34. The van der Waals surface area contributed by atoms with Crippen LogP contribution in [0.2, 0.25) is 0 Å². The minimum absolute atomic E-state index is 0.0394. The number of carbonyl (C=O) groups is 1. The number of nitrogens with one attached hydrogen (secondary N) is 3. The maximum absolute atomic E-state index is 14.3. The van der Waals surface area contributed by atoms with Crippen molar-refractivity contribution in [3.63, 3.8) is 0 Å². The molecule has 0 bridgehead atoms. The summed E-state index contributed by atoms with van der Waals surface area (Å²) in [6.45, 7) is 2.04. The Bertz CT molecular complexity index is 1380. The van der Waals surface area contributed by atoms with Crippen LogP contribution in [0.3, 0.4) is 0 Å². The predicted octanol–water partition coefficient (Wildman–Crippen LogP) is 5.37. The molecule has 36 heavy (non-hydrogen) atoms. The predicted molar refractivity (Wildman–Crippen MR) is 123 cm³/mol. The fraction of sp³-hybridized carbons (Fsp3) is 0.217. The van der Waals surface area contributed by atoms with Crippen LogP contribution in [-0.2, 0) is 16.0 Å². The summed E-state index contributed by atoms with van der Waals surface area (Å²) in [5.41, 5.74) is 2.12. The van der Waals surface area contributed by atoms with Crippen molar-refractivity contribution in [3.8, 4) is 5.75 Å². The normalized spacial score (nSPS) is 11.4. The number of hydrogen-bond donors (Lipinski definition) is 3. The van der Waals surface area contributed by atoms with E-state index in [1.807, 2.05) is 0 Å². The number of aromatic nitrogens is 4. The first-order chi connectivity index (χ1) is 17.2. The number of hydrogen-bond acceptors (Lipinski definition) is 8. The molecular formula is C23H20F4N6O3. The van der Waals surface area contributed by atoms with Gasteiger partial charge in [0.05, 0.1) is 24.7 Å². The Kier molecular flexibility index (Phi) is 7.17. The summed E-state index contributed by atoms with van der Waals surface area (Å²) in [6, 6.07) is 10.2. The molecule has 188 valence electrons. The summed E-state index contributed by atoms with van der Waals surface area (Å²) in [4.78, 5) is 19.7. The molecule has 0 saturated heterocycles. The molecule has 0 saturated carbocycles. The van der Waals surface area contributed by atoms with Crippen LogP contribution < -0.4 is 15.4 Å². The molecule has 9 nitrogen and oxygen atoms in total. The number of halogens is 4. The second-order valence-corrected chi connectivity index (χ2v) is 7.45. The van der Waals surface area contributed by atoms with E-state index >= 15 is 0 Å². The molecule has 13 heteroatoms. The SMILES string of the molecule is CCOC(=O)CCc1[nH]nc2ccc(Nc3ncc(F)c(Nc4cccc(OC(F)(F)F)c4)n3)cc12. The van der Waals surface area contributed by atoms with Gasteiger partial charge in [-0.3, -0.25) is 9.89 Å². The molecule has 0 amide bonds. The van der Waals surface area contributed by atoms with E-state index in [0.717, 1.165) is 29.4 Å². The van der Waals surface area contributed by atoms with Gasteiger partial charge in [0.15, 0.2) is 11.6 Å². The van der Waals surface area contributed by atoms with E-state index < -0.39 is 17.9 Å². The topological polar surface area (TPSA) is 114 Å². The lowest BCUT2D eigenvalue weighted by molar-refractivity contribution is -0.274. The second-order valence-electron chi connectivity index (χ2n) is 7.45. The number of esters is 1. The van der Waals surface area contributed by atoms with Gasteiger partial charge in [-0.25, -0.2) is 9.37 Å². The van der Waals surface area contributed by atoms with Gasteiger partial charge in [-0.2, -0.15) is 10.1 Å². The molecule has 0 atom stereocenters. The molecule has 3 N–H and O–H groups in total. The van der Waals surface area contributed by atoms with Gasteiger partial charge in [-0.05, 0) is 37.3 Å². The molecule has 4 aromatic rings. The number of aromatic amines is 1. The summed E-state index contributed by atoms with van der Waals surface area (Å²) in [5, 5.41) is 13.5. The van der Waals surface area contributed by atoms with Crippen LogP contribution >= 0.6 is 0 Å². The molecule has 0 spiro atoms. The van der Waals surface area contributed by atoms with Crippen molar-refractivity contribution in [3.05, 3.63) is 60.2 Å². The Balaban J connectivity index is 1.50. The lowest BCUT2D eigenvalue weighted by Gasteiger charge is -2.12. The Morgan fingerprint density at radius 1 is 1.11 bits per heavy atom. The minimum Gasteiger partial charge on any atom is -0.466 e. The Morgan fingerprint density at radius 2 is 1.92 bits per heavy atom. The number of alkyl halides is 3. The first-order valence-electron chi connectivity index (χ1n) is 10.7. The highest BCUT2D eigenvalue weighted by atomic mass is 19.4. The monoisotopic (exact) mass is 504 g/mol. The van der Waals surface area contributed by atoms with Crippen LogP contribution in [0.4, 0.5) is 40.7 Å². The molecule has 0 fully saturated rings. The lowest BCUT2D eigenvalue weighted by Crippen LogP contribution is -2.17. The highest BCUT2D eigenvalue weighted by molar-refractivity contribution is 5.86. The zero-order valence-corrected chi connectivity index (χ0v) is 18.8. The van der Waals surface area contributed by atoms with Crippen molar-refractivity contribution in [2.24, 2.45) is 0 Å². The first-order valence-corrected chi connectivity index (χ1v) is 10.7. The fourth-order valence-electron chi connectivity index (χ4n) is 3.34. The van der Waals surface area contributed by atoms with Gasteiger partial charge in [0.25, 0.3) is 0 Å². The molecular weight excluding hydrogens is 484 g/mol. The van der Waals surface area contributed by atoms with Gasteiger partial charge in [0, 0.05) is 34.9 Å². The molecule has 4 rings (SSSR count). The van der Waals surface area contributed by atoms with E-state index in [0.29, 0.717) is 24.2 Å². The van der Waals surface area contributed by atoms with Gasteiger partial charge in [0.2, 0.25) is 5.95 Å². The molecule has 0 unspecified atom stereocenters. The average Bonchev–Trinajstić information content (AvgIpc) is 3.21. The third-order valence-electron chi connectivity index (χ3n) is 4.85. The highest BCUT2D eigenvalue weighted by Gasteiger charge is 2.31. The summed E-state index contributed by atoms with van der Waals surface area (Å²) in [7, 11) is 0. The van der Waals surface area contributed by atoms with Crippen LogP contribution in [-0.4, -0.2) is 39.1 Å². The third-order valence-corrected chi connectivity index (χ3v) is 4.85. The lowest BCUT2D eigenvalue weighted by atomic mass is 10.1. The van der Waals surface area contributed by atoms with Crippen molar-refractivity contribution in [2.75, 3.05) is 17.2 Å². The number of H-pyrrole nitrogens is 1. The number of fused-ring (bicyclic) bond motifs is 1. The first kappa shape index (κ1) is 24.7. The van der Waals surface area contributed by atoms with Crippen LogP contribution in [0.25, 0.3) is 10.9 Å². The van der Waals surface area contributed by atoms with Crippen molar-refractivity contribution in [1.82, 2.24) is 20.2 Å². The summed E-state index contributed by atoms with van der Waals surface area (Å²) < 4.78 is 60.6. The Hall–Kier alpha value is -4.42. The summed E-state index contributed by atoms with van der Waals surface area (Å²) >= 11 is 0. The molecule has 0 radical (unpaired) electrons. The van der Waals surface area contributed by atoms with E-state index in [1.54, 1.807) is 25.1 Å². The van der Waals surface area contributed by atoms with Gasteiger partial charge in [-0.15, -0.1) is 13.2 Å². The standard InChI is InChI=1S/C23H20F4N6O3/c1-2-35-20(34)9-8-19-16-11-14(6-7-18(16)32-33-19)30-22-28-12-17(24)21(31-22)29-13-4-3-5-15(10-13)36-23(25,26)27/h3-7,10-12H,2,8-9H2,1H3,(H,32,33)(H2,28,29,30,31). The largest absolute Gasteiger partial charge is 0.573 e. The van der Waals surface area contributed by atoms with E-state index in [1.165, 1.54) is 12.1 Å². The number of carbonyl (C=O) groups excluding carboxylic acids is 1. The van der Waals surface area contributed by atoms with E-state index in [4.69, 9.17) is 4.74 Å². The Labute approximate surface area is 201 Å². The van der Waals surface area contributed by atoms with Crippen LogP contribution in [0, 0.1) is 5.82 Å². The van der Waals surface area contributed by atoms with Gasteiger partial charge in [-0.1, -0.05) is 6.07 Å². The number of benzene rings is 2. The van der Waals surface area contributed by atoms with Gasteiger partial charge >= 0.3 is 12.3 Å². The fourth-order valence-corrected chi connectivity index (χ4v) is 3.34. The van der Waals surface area contributed by atoms with E-state index in [9.17, 15) is 22.4 Å². The van der Waals surface area contributed by atoms with E-state index in [2.05, 4.69) is 35.5 Å². The number of aryl methyl sites for hydroxylation is 1. The highest BCUT2D eigenvalue weighted by Crippen LogP contribution is 2.28. The zero-order chi connectivity index (χ0) is 25.7. The number of nitrogens with zero attached hydrogens (tertiary/aromatic N) is 3. The Morgan fingerprint density at radius 3 is 2.69 bits per heavy atom. The van der Waals surface area contributed by atoms with Crippen LogP contribution in [0.5, 0.6) is 5.75 Å². The molecule has 2 aromatic heterocycles. The molecule has 0 aliphatic carbocycles. The van der Waals surface area contributed by atoms with Gasteiger partial charge in [0.1, 0.15) is 5.75 Å².